The molecule has 0 aliphatic rings. The van der Waals surface area contributed by atoms with Gasteiger partial charge in [0, 0.05) is 11.6 Å². The summed E-state index contributed by atoms with van der Waals surface area (Å²) < 4.78 is 37.8. The van der Waals surface area contributed by atoms with Crippen LogP contribution in [-0.2, 0) is 16.6 Å². The smallest absolute Gasteiger partial charge is 0.285 e. The first kappa shape index (κ1) is 18.0. The largest absolute Gasteiger partial charge is 0.492 e. The summed E-state index contributed by atoms with van der Waals surface area (Å²) in [6.45, 7) is 4.98. The number of aryl methyl sites for hydroxylation is 1. The fourth-order valence-corrected chi connectivity index (χ4v) is 4.94. The minimum Gasteiger partial charge on any atom is -0.492 e. The van der Waals surface area contributed by atoms with E-state index < -0.39 is 10.0 Å². The number of para-hydroxylation sites is 1. The maximum atomic E-state index is 12.6. The highest BCUT2D eigenvalue weighted by atomic mass is 35.5. The molecule has 8 heteroatoms. The van der Waals surface area contributed by atoms with Gasteiger partial charge in [-0.05, 0) is 50.2 Å². The number of aromatic nitrogens is 1. The lowest BCUT2D eigenvalue weighted by atomic mass is 10.3. The molecule has 0 aliphatic heterocycles. The molecule has 1 aromatic heterocycles. The number of hydrogen-bond donors (Lipinski definition) is 0. The normalized spacial score (nSPS) is 12.7. The highest BCUT2D eigenvalue weighted by Gasteiger charge is 2.16. The SMILES string of the molecule is CCOc1cccc2s/c(=N\S(=O)(=O)c3ccc(Cl)cc3)n(CC)c12. The van der Waals surface area contributed by atoms with E-state index in [2.05, 4.69) is 4.40 Å². The van der Waals surface area contributed by atoms with E-state index in [1.807, 2.05) is 36.6 Å². The predicted molar refractivity (Wildman–Crippen MR) is 101 cm³/mol. The van der Waals surface area contributed by atoms with Crippen LogP contribution in [0.1, 0.15) is 13.8 Å². The number of rotatable bonds is 5. The van der Waals surface area contributed by atoms with Crippen LogP contribution in [0.5, 0.6) is 5.75 Å². The standard InChI is InChI=1S/C17H17ClN2O3S2/c1-3-20-16-14(23-4-2)6-5-7-15(16)24-17(20)19-25(21,22)13-10-8-12(18)9-11-13/h5-11H,3-4H2,1-2H3/b19-17-. The Labute approximate surface area is 155 Å². The fourth-order valence-electron chi connectivity index (χ4n) is 2.50. The number of sulfonamides is 1. The maximum Gasteiger partial charge on any atom is 0.285 e. The van der Waals surface area contributed by atoms with Crippen molar-refractivity contribution in [2.45, 2.75) is 25.3 Å². The van der Waals surface area contributed by atoms with Crippen LogP contribution in [0.2, 0.25) is 5.02 Å². The van der Waals surface area contributed by atoms with Crippen LogP contribution in [0.3, 0.4) is 0 Å². The minimum absolute atomic E-state index is 0.113. The van der Waals surface area contributed by atoms with Crippen LogP contribution in [0.15, 0.2) is 51.8 Å². The van der Waals surface area contributed by atoms with Crippen molar-refractivity contribution in [3.05, 3.63) is 52.3 Å². The molecule has 25 heavy (non-hydrogen) atoms. The summed E-state index contributed by atoms with van der Waals surface area (Å²) in [6, 6.07) is 11.7. The zero-order chi connectivity index (χ0) is 18.0. The molecule has 0 fully saturated rings. The number of hydrogen-bond acceptors (Lipinski definition) is 4. The molecule has 0 bridgehead atoms. The number of thiazole rings is 1. The quantitative estimate of drug-likeness (QED) is 0.653. The summed E-state index contributed by atoms with van der Waals surface area (Å²) in [5.41, 5.74) is 0.863. The average molecular weight is 397 g/mol. The monoisotopic (exact) mass is 396 g/mol. The summed E-state index contributed by atoms with van der Waals surface area (Å²) in [5, 5.41) is 0.478. The maximum absolute atomic E-state index is 12.6. The Balaban J connectivity index is 2.22. The molecule has 0 radical (unpaired) electrons. The number of benzene rings is 2. The molecule has 132 valence electrons. The molecule has 0 saturated heterocycles. The minimum atomic E-state index is -3.82. The van der Waals surface area contributed by atoms with Gasteiger partial charge in [-0.3, -0.25) is 0 Å². The van der Waals surface area contributed by atoms with E-state index in [1.54, 1.807) is 0 Å². The van der Waals surface area contributed by atoms with Gasteiger partial charge in [0.05, 0.1) is 16.2 Å². The van der Waals surface area contributed by atoms with Crippen LogP contribution >= 0.6 is 22.9 Å². The molecule has 0 atom stereocenters. The summed E-state index contributed by atoms with van der Waals surface area (Å²) >= 11 is 7.15. The molecule has 3 rings (SSSR count). The second-order valence-electron chi connectivity index (χ2n) is 5.19. The molecule has 1 heterocycles. The third-order valence-corrected chi connectivity index (χ3v) is 6.28. The van der Waals surface area contributed by atoms with Crippen molar-refractivity contribution >= 4 is 43.2 Å². The lowest BCUT2D eigenvalue weighted by molar-refractivity contribution is 0.342. The first-order valence-corrected chi connectivity index (χ1v) is 10.4. The highest BCUT2D eigenvalue weighted by molar-refractivity contribution is 7.90. The first-order chi connectivity index (χ1) is 12.0. The third kappa shape index (κ3) is 3.58. The van der Waals surface area contributed by atoms with E-state index in [-0.39, 0.29) is 4.90 Å². The van der Waals surface area contributed by atoms with Gasteiger partial charge >= 0.3 is 0 Å². The van der Waals surface area contributed by atoms with Gasteiger partial charge < -0.3 is 9.30 Å². The molecule has 2 aromatic carbocycles. The van der Waals surface area contributed by atoms with Gasteiger partial charge in [-0.2, -0.15) is 8.42 Å². The van der Waals surface area contributed by atoms with Crippen molar-refractivity contribution in [1.29, 1.82) is 0 Å². The molecular weight excluding hydrogens is 380 g/mol. The Hall–Kier alpha value is -1.83. The second kappa shape index (κ2) is 7.19. The van der Waals surface area contributed by atoms with E-state index in [0.717, 1.165) is 16.0 Å². The molecule has 3 aromatic rings. The van der Waals surface area contributed by atoms with Crippen LogP contribution in [-0.4, -0.2) is 19.6 Å². The van der Waals surface area contributed by atoms with E-state index in [4.69, 9.17) is 16.3 Å². The van der Waals surface area contributed by atoms with Crippen molar-refractivity contribution < 1.29 is 13.2 Å². The van der Waals surface area contributed by atoms with Crippen LogP contribution in [0, 0.1) is 0 Å². The second-order valence-corrected chi connectivity index (χ2v) is 8.23. The van der Waals surface area contributed by atoms with Crippen molar-refractivity contribution in [1.82, 2.24) is 4.57 Å². The topological polar surface area (TPSA) is 60.7 Å². The lowest BCUT2D eigenvalue weighted by Crippen LogP contribution is -2.16. The molecule has 0 saturated carbocycles. The molecule has 0 spiro atoms. The molecular formula is C17H17ClN2O3S2. The van der Waals surface area contributed by atoms with Gasteiger partial charge in [0.25, 0.3) is 10.0 Å². The number of halogens is 1. The lowest BCUT2D eigenvalue weighted by Gasteiger charge is -2.07. The Morgan fingerprint density at radius 1 is 1.16 bits per heavy atom. The Kier molecular flexibility index (Phi) is 5.17. The first-order valence-electron chi connectivity index (χ1n) is 7.78. The van der Waals surface area contributed by atoms with Gasteiger partial charge in [-0.1, -0.05) is 29.0 Å². The Morgan fingerprint density at radius 3 is 2.52 bits per heavy atom. The fraction of sp³-hybridized carbons (Fsp3) is 0.235. The summed E-state index contributed by atoms with van der Waals surface area (Å²) in [7, 11) is -3.82. The van der Waals surface area contributed by atoms with Gasteiger partial charge in [-0.15, -0.1) is 4.40 Å². The Morgan fingerprint density at radius 2 is 1.88 bits per heavy atom. The van der Waals surface area contributed by atoms with Crippen molar-refractivity contribution in [3.8, 4) is 5.75 Å². The van der Waals surface area contributed by atoms with E-state index >= 15 is 0 Å². The van der Waals surface area contributed by atoms with Gasteiger partial charge in [0.1, 0.15) is 11.3 Å². The van der Waals surface area contributed by atoms with Crippen molar-refractivity contribution in [2.24, 2.45) is 4.40 Å². The van der Waals surface area contributed by atoms with Crippen molar-refractivity contribution in [2.75, 3.05) is 6.61 Å². The average Bonchev–Trinajstić information content (AvgIpc) is 2.92. The van der Waals surface area contributed by atoms with Gasteiger partial charge in [-0.25, -0.2) is 0 Å². The summed E-state index contributed by atoms with van der Waals surface area (Å²) in [6.07, 6.45) is 0. The summed E-state index contributed by atoms with van der Waals surface area (Å²) in [4.78, 5) is 0.529. The third-order valence-electron chi connectivity index (χ3n) is 3.59. The highest BCUT2D eigenvalue weighted by Crippen LogP contribution is 2.28. The van der Waals surface area contributed by atoms with Gasteiger partial charge in [0.2, 0.25) is 4.80 Å². The van der Waals surface area contributed by atoms with E-state index in [0.29, 0.717) is 23.0 Å². The molecule has 0 unspecified atom stereocenters. The Bertz CT molecular complexity index is 1070. The zero-order valence-corrected chi connectivity index (χ0v) is 16.2. The van der Waals surface area contributed by atoms with Crippen molar-refractivity contribution in [3.63, 3.8) is 0 Å². The van der Waals surface area contributed by atoms with Crippen LogP contribution in [0.4, 0.5) is 0 Å². The number of nitrogens with zero attached hydrogens (tertiary/aromatic N) is 2. The number of ether oxygens (including phenoxy) is 1. The summed E-state index contributed by atoms with van der Waals surface area (Å²) in [5.74, 6) is 0.725. The van der Waals surface area contributed by atoms with E-state index in [1.165, 1.54) is 35.6 Å². The zero-order valence-electron chi connectivity index (χ0n) is 13.8. The van der Waals surface area contributed by atoms with Gasteiger partial charge in [0.15, 0.2) is 0 Å². The predicted octanol–water partition coefficient (Wildman–Crippen LogP) is 4.06. The molecule has 5 nitrogen and oxygen atoms in total. The molecule has 0 amide bonds. The van der Waals surface area contributed by atoms with Crippen LogP contribution < -0.4 is 9.54 Å². The molecule has 0 aliphatic carbocycles. The van der Waals surface area contributed by atoms with E-state index in [9.17, 15) is 8.42 Å². The molecule has 0 N–H and O–H groups in total. The van der Waals surface area contributed by atoms with Crippen LogP contribution in [0.25, 0.3) is 10.2 Å². The number of fused-ring (bicyclic) bond motifs is 1.